The van der Waals surface area contributed by atoms with Gasteiger partial charge in [-0.3, -0.25) is 9.48 Å². The van der Waals surface area contributed by atoms with Crippen molar-refractivity contribution in [2.24, 2.45) is 5.41 Å². The number of carbonyl (C=O) groups is 1. The van der Waals surface area contributed by atoms with Crippen molar-refractivity contribution < 1.29 is 9.90 Å². The minimum atomic E-state index is -0.327. The van der Waals surface area contributed by atoms with E-state index in [0.29, 0.717) is 6.54 Å². The van der Waals surface area contributed by atoms with Gasteiger partial charge in [0.25, 0.3) is 0 Å². The molecule has 0 aliphatic heterocycles. The molecule has 1 aromatic carbocycles. The van der Waals surface area contributed by atoms with Gasteiger partial charge in [-0.05, 0) is 18.9 Å². The molecule has 0 bridgehead atoms. The van der Waals surface area contributed by atoms with Gasteiger partial charge in [0.05, 0.1) is 17.8 Å². The highest BCUT2D eigenvalue weighted by Gasteiger charge is 2.35. The number of hydrogen-bond donors (Lipinski definition) is 2. The molecule has 1 aromatic heterocycles. The van der Waals surface area contributed by atoms with Crippen LogP contribution >= 0.6 is 0 Å². The number of benzene rings is 1. The Bertz CT molecular complexity index is 667. The lowest BCUT2D eigenvalue weighted by atomic mass is 9.73. The molecule has 2 N–H and O–H groups in total. The largest absolute Gasteiger partial charge is 0.392 e. The van der Waals surface area contributed by atoms with E-state index in [4.69, 9.17) is 0 Å². The van der Waals surface area contributed by atoms with E-state index >= 15 is 0 Å². The normalized spacial score (nSPS) is 25.3. The summed E-state index contributed by atoms with van der Waals surface area (Å²) in [6.45, 7) is 2.78. The van der Waals surface area contributed by atoms with Gasteiger partial charge in [-0.1, -0.05) is 38.0 Å². The van der Waals surface area contributed by atoms with Crippen molar-refractivity contribution in [3.63, 3.8) is 0 Å². The number of aromatic nitrogens is 2. The Balaban J connectivity index is 1.61. The van der Waals surface area contributed by atoms with Gasteiger partial charge in [-0.25, -0.2) is 0 Å². The van der Waals surface area contributed by atoms with Gasteiger partial charge in [-0.2, -0.15) is 5.10 Å². The van der Waals surface area contributed by atoms with E-state index in [9.17, 15) is 9.90 Å². The highest BCUT2D eigenvalue weighted by atomic mass is 16.3. The second-order valence-electron chi connectivity index (χ2n) is 6.55. The Labute approximate surface area is 130 Å². The molecule has 1 fully saturated rings. The summed E-state index contributed by atoms with van der Waals surface area (Å²) < 4.78 is 1.71. The third-order valence-electron chi connectivity index (χ3n) is 4.81. The van der Waals surface area contributed by atoms with Gasteiger partial charge in [0, 0.05) is 17.3 Å². The molecule has 0 radical (unpaired) electrons. The van der Waals surface area contributed by atoms with Gasteiger partial charge >= 0.3 is 0 Å². The maximum Gasteiger partial charge on any atom is 0.241 e. The highest BCUT2D eigenvalue weighted by molar-refractivity contribution is 5.81. The zero-order valence-electron chi connectivity index (χ0n) is 13.0. The average Bonchev–Trinajstić information content (AvgIpc) is 2.92. The summed E-state index contributed by atoms with van der Waals surface area (Å²) in [4.78, 5) is 12.2. The van der Waals surface area contributed by atoms with E-state index in [0.717, 1.165) is 36.6 Å². The molecule has 0 saturated heterocycles. The quantitative estimate of drug-likeness (QED) is 0.908. The number of nitrogens with one attached hydrogen (secondary N) is 1. The number of hydrogen-bond acceptors (Lipinski definition) is 3. The standard InChI is InChI=1S/C17H23N3O2/c1-17(9-5-4-8-15(17)21)12-18-16(22)11-20-14-7-3-2-6-13(14)10-19-20/h2-3,6-7,10,15,21H,4-5,8-9,11-12H2,1H3,(H,18,22). The van der Waals surface area contributed by atoms with Gasteiger partial charge in [0.1, 0.15) is 6.54 Å². The van der Waals surface area contributed by atoms with Crippen LogP contribution in [0.4, 0.5) is 0 Å². The zero-order valence-corrected chi connectivity index (χ0v) is 13.0. The van der Waals surface area contributed by atoms with Crippen LogP contribution in [0.5, 0.6) is 0 Å². The molecule has 22 heavy (non-hydrogen) atoms. The van der Waals surface area contributed by atoms with Crippen molar-refractivity contribution in [2.45, 2.75) is 45.3 Å². The van der Waals surface area contributed by atoms with E-state index in [1.165, 1.54) is 0 Å². The van der Waals surface area contributed by atoms with Crippen LogP contribution in [0.25, 0.3) is 10.9 Å². The molecule has 5 nitrogen and oxygen atoms in total. The fraction of sp³-hybridized carbons (Fsp3) is 0.529. The van der Waals surface area contributed by atoms with Gasteiger partial charge in [-0.15, -0.1) is 0 Å². The predicted molar refractivity (Wildman–Crippen MR) is 85.3 cm³/mol. The van der Waals surface area contributed by atoms with Crippen LogP contribution in [-0.4, -0.2) is 33.4 Å². The first-order chi connectivity index (χ1) is 10.6. The first kappa shape index (κ1) is 15.0. The number of aliphatic hydroxyl groups is 1. The third kappa shape index (κ3) is 2.99. The summed E-state index contributed by atoms with van der Waals surface area (Å²) >= 11 is 0. The van der Waals surface area contributed by atoms with Crippen molar-refractivity contribution in [2.75, 3.05) is 6.54 Å². The zero-order chi connectivity index (χ0) is 15.6. The average molecular weight is 301 g/mol. The second kappa shape index (κ2) is 6.08. The summed E-state index contributed by atoms with van der Waals surface area (Å²) in [5, 5.41) is 18.4. The smallest absolute Gasteiger partial charge is 0.241 e. The summed E-state index contributed by atoms with van der Waals surface area (Å²) in [7, 11) is 0. The lowest BCUT2D eigenvalue weighted by Crippen LogP contribution is -2.45. The SMILES string of the molecule is CC1(CNC(=O)Cn2ncc3ccccc32)CCCCC1O. The van der Waals surface area contributed by atoms with E-state index in [2.05, 4.69) is 17.3 Å². The molecule has 1 aliphatic carbocycles. The molecule has 1 amide bonds. The van der Waals surface area contributed by atoms with Gasteiger partial charge < -0.3 is 10.4 Å². The van der Waals surface area contributed by atoms with Gasteiger partial charge in [0.2, 0.25) is 5.91 Å². The topological polar surface area (TPSA) is 67.2 Å². The fourth-order valence-electron chi connectivity index (χ4n) is 3.23. The Kier molecular flexibility index (Phi) is 4.16. The van der Waals surface area contributed by atoms with Crippen molar-refractivity contribution in [3.8, 4) is 0 Å². The molecule has 2 unspecified atom stereocenters. The number of para-hydroxylation sites is 1. The minimum Gasteiger partial charge on any atom is -0.392 e. The van der Waals surface area contributed by atoms with Crippen LogP contribution in [0, 0.1) is 5.41 Å². The molecule has 5 heteroatoms. The van der Waals surface area contributed by atoms with E-state index in [1.54, 1.807) is 10.9 Å². The summed E-state index contributed by atoms with van der Waals surface area (Å²) in [6.07, 6.45) is 5.42. The van der Waals surface area contributed by atoms with E-state index in [1.807, 2.05) is 24.3 Å². The van der Waals surface area contributed by atoms with Crippen LogP contribution in [0.2, 0.25) is 0 Å². The molecule has 1 saturated carbocycles. The van der Waals surface area contributed by atoms with E-state index < -0.39 is 0 Å². The summed E-state index contributed by atoms with van der Waals surface area (Å²) in [5.41, 5.74) is 0.752. The first-order valence-electron chi connectivity index (χ1n) is 7.94. The predicted octanol–water partition coefficient (Wildman–Crippen LogP) is 2.09. The third-order valence-corrected chi connectivity index (χ3v) is 4.81. The van der Waals surface area contributed by atoms with Crippen molar-refractivity contribution in [1.29, 1.82) is 0 Å². The molecular formula is C17H23N3O2. The summed E-state index contributed by atoms with van der Waals surface area (Å²) in [5.74, 6) is -0.0622. The Morgan fingerprint density at radius 3 is 3.09 bits per heavy atom. The van der Waals surface area contributed by atoms with Crippen LogP contribution in [0.3, 0.4) is 0 Å². The number of nitrogens with zero attached hydrogens (tertiary/aromatic N) is 2. The molecule has 3 rings (SSSR count). The van der Waals surface area contributed by atoms with E-state index in [-0.39, 0.29) is 24.0 Å². The number of carbonyl (C=O) groups excluding carboxylic acids is 1. The molecule has 2 aromatic rings. The Morgan fingerprint density at radius 1 is 1.45 bits per heavy atom. The molecule has 1 heterocycles. The van der Waals surface area contributed by atoms with Crippen LogP contribution in [-0.2, 0) is 11.3 Å². The van der Waals surface area contributed by atoms with Crippen LogP contribution < -0.4 is 5.32 Å². The Morgan fingerprint density at radius 2 is 2.27 bits per heavy atom. The lowest BCUT2D eigenvalue weighted by molar-refractivity contribution is -0.123. The minimum absolute atomic E-state index is 0.0622. The van der Waals surface area contributed by atoms with Crippen molar-refractivity contribution >= 4 is 16.8 Å². The second-order valence-corrected chi connectivity index (χ2v) is 6.55. The molecule has 0 spiro atoms. The maximum atomic E-state index is 12.2. The molecule has 1 aliphatic rings. The number of aliphatic hydroxyl groups excluding tert-OH is 1. The summed E-state index contributed by atoms with van der Waals surface area (Å²) in [6, 6.07) is 7.84. The van der Waals surface area contributed by atoms with Gasteiger partial charge in [0.15, 0.2) is 0 Å². The highest BCUT2D eigenvalue weighted by Crippen LogP contribution is 2.35. The molecular weight excluding hydrogens is 278 g/mol. The van der Waals surface area contributed by atoms with Crippen LogP contribution in [0.1, 0.15) is 32.6 Å². The lowest BCUT2D eigenvalue weighted by Gasteiger charge is -2.38. The number of rotatable bonds is 4. The molecule has 2 atom stereocenters. The fourth-order valence-corrected chi connectivity index (χ4v) is 3.23. The van der Waals surface area contributed by atoms with Crippen molar-refractivity contribution in [3.05, 3.63) is 30.5 Å². The maximum absolute atomic E-state index is 12.2. The molecule has 118 valence electrons. The van der Waals surface area contributed by atoms with Crippen molar-refractivity contribution in [1.82, 2.24) is 15.1 Å². The monoisotopic (exact) mass is 301 g/mol. The number of amides is 1. The first-order valence-corrected chi connectivity index (χ1v) is 7.94. The van der Waals surface area contributed by atoms with Crippen LogP contribution in [0.15, 0.2) is 30.5 Å². The Hall–Kier alpha value is -1.88. The number of fused-ring (bicyclic) bond motifs is 1.